The molecule has 2 N–H and O–H groups in total. The number of aliphatic hydroxyl groups excluding tert-OH is 1. The van der Waals surface area contributed by atoms with Crippen LogP contribution in [0.5, 0.6) is 5.75 Å². The van der Waals surface area contributed by atoms with Gasteiger partial charge in [0, 0.05) is 11.6 Å². The van der Waals surface area contributed by atoms with Crippen molar-refractivity contribution in [2.75, 3.05) is 6.54 Å². The second kappa shape index (κ2) is 8.32. The number of hydrogen-bond acceptors (Lipinski definition) is 5. The Balaban J connectivity index is 1.69. The first-order valence-electron chi connectivity index (χ1n) is 10.9. The fraction of sp³-hybridized carbons (Fsp3) is 0.440. The lowest BCUT2D eigenvalue weighted by atomic mass is 9.86. The summed E-state index contributed by atoms with van der Waals surface area (Å²) < 4.78 is 6.21. The summed E-state index contributed by atoms with van der Waals surface area (Å²) >= 11 is 0. The van der Waals surface area contributed by atoms with Gasteiger partial charge in [-0.15, -0.1) is 0 Å². The molecule has 0 amide bonds. The lowest BCUT2D eigenvalue weighted by molar-refractivity contribution is -0.0642. The number of aliphatic hydroxyl groups is 1. The third-order valence-corrected chi connectivity index (χ3v) is 5.98. The van der Waals surface area contributed by atoms with Gasteiger partial charge in [-0.3, -0.25) is 0 Å². The Morgan fingerprint density at radius 3 is 2.27 bits per heavy atom. The Hall–Kier alpha value is -2.50. The molecular formula is C25H31N3O2. The summed E-state index contributed by atoms with van der Waals surface area (Å²) in [6.45, 7) is 8.84. The first kappa shape index (κ1) is 20.8. The molecular weight excluding hydrogens is 374 g/mol. The van der Waals surface area contributed by atoms with E-state index in [9.17, 15) is 5.11 Å². The van der Waals surface area contributed by atoms with Gasteiger partial charge >= 0.3 is 0 Å². The molecule has 5 nitrogen and oxygen atoms in total. The summed E-state index contributed by atoms with van der Waals surface area (Å²) in [6.07, 6.45) is 1.94. The maximum absolute atomic E-state index is 11.1. The van der Waals surface area contributed by atoms with Crippen LogP contribution in [0.25, 0.3) is 11.0 Å². The van der Waals surface area contributed by atoms with Crippen LogP contribution in [0.1, 0.15) is 56.3 Å². The minimum atomic E-state index is -0.699. The number of rotatable bonds is 6. The number of nitrogens with one attached hydrogen (secondary N) is 1. The molecule has 0 radical (unpaired) electrons. The van der Waals surface area contributed by atoms with Crippen molar-refractivity contribution in [1.82, 2.24) is 15.3 Å². The van der Waals surface area contributed by atoms with E-state index in [0.29, 0.717) is 0 Å². The predicted octanol–water partition coefficient (Wildman–Crippen LogP) is 4.16. The third-order valence-electron chi connectivity index (χ3n) is 5.98. The van der Waals surface area contributed by atoms with Crippen molar-refractivity contribution >= 4 is 11.0 Å². The number of ether oxygens (including phenoxy) is 1. The standard InChI is InChI=1S/C25H31N3O2/c1-5-18-19(6-2)28-21-15-22-17(14-20(21)27-18)23(24(29)25(3,4)30-22)26-13-12-16-10-8-7-9-11-16/h7-11,14-15,23-24,26,29H,5-6,12-13H2,1-4H3/t23-,24+/m0/s1. The first-order valence-corrected chi connectivity index (χ1v) is 10.9. The van der Waals surface area contributed by atoms with E-state index in [1.54, 1.807) is 0 Å². The fourth-order valence-corrected chi connectivity index (χ4v) is 4.22. The van der Waals surface area contributed by atoms with Crippen LogP contribution in [0, 0.1) is 0 Å². The highest BCUT2D eigenvalue weighted by atomic mass is 16.5. The zero-order valence-corrected chi connectivity index (χ0v) is 18.3. The molecule has 2 atom stereocenters. The number of aromatic nitrogens is 2. The number of benzene rings is 2. The highest BCUT2D eigenvalue weighted by molar-refractivity contribution is 5.78. The minimum absolute atomic E-state index is 0.227. The Morgan fingerprint density at radius 1 is 1.00 bits per heavy atom. The average Bonchev–Trinajstić information content (AvgIpc) is 2.75. The molecule has 0 saturated heterocycles. The van der Waals surface area contributed by atoms with Gasteiger partial charge in [0.1, 0.15) is 17.5 Å². The van der Waals surface area contributed by atoms with Crippen LogP contribution in [0.15, 0.2) is 42.5 Å². The Labute approximate surface area is 178 Å². The summed E-state index contributed by atoms with van der Waals surface area (Å²) in [7, 11) is 0. The normalized spacial score (nSPS) is 20.0. The number of nitrogens with zero attached hydrogens (tertiary/aromatic N) is 2. The van der Waals surface area contributed by atoms with Gasteiger partial charge in [0.25, 0.3) is 0 Å². The van der Waals surface area contributed by atoms with E-state index >= 15 is 0 Å². The van der Waals surface area contributed by atoms with Crippen molar-refractivity contribution in [3.8, 4) is 5.75 Å². The smallest absolute Gasteiger partial charge is 0.131 e. The highest BCUT2D eigenvalue weighted by Crippen LogP contribution is 2.41. The van der Waals surface area contributed by atoms with Gasteiger partial charge in [-0.1, -0.05) is 44.2 Å². The second-order valence-electron chi connectivity index (χ2n) is 8.52. The monoisotopic (exact) mass is 405 g/mol. The summed E-state index contributed by atoms with van der Waals surface area (Å²) in [5, 5.41) is 14.6. The molecule has 1 aromatic heterocycles. The molecule has 0 unspecified atom stereocenters. The maximum Gasteiger partial charge on any atom is 0.131 e. The summed E-state index contributed by atoms with van der Waals surface area (Å²) in [5.41, 5.74) is 5.30. The van der Waals surface area contributed by atoms with Crippen molar-refractivity contribution in [2.24, 2.45) is 0 Å². The molecule has 4 rings (SSSR count). The predicted molar refractivity (Wildman–Crippen MR) is 120 cm³/mol. The van der Waals surface area contributed by atoms with Crippen molar-refractivity contribution in [3.63, 3.8) is 0 Å². The summed E-state index contributed by atoms with van der Waals surface area (Å²) in [6, 6.07) is 14.2. The topological polar surface area (TPSA) is 67.3 Å². The summed E-state index contributed by atoms with van der Waals surface area (Å²) in [4.78, 5) is 9.71. The van der Waals surface area contributed by atoms with Crippen LogP contribution in [0.3, 0.4) is 0 Å². The van der Waals surface area contributed by atoms with Gasteiger partial charge < -0.3 is 15.2 Å². The van der Waals surface area contributed by atoms with Crippen LogP contribution in [-0.4, -0.2) is 33.3 Å². The largest absolute Gasteiger partial charge is 0.485 e. The van der Waals surface area contributed by atoms with Gasteiger partial charge in [-0.25, -0.2) is 9.97 Å². The molecule has 2 heterocycles. The van der Waals surface area contributed by atoms with E-state index in [4.69, 9.17) is 14.7 Å². The molecule has 5 heteroatoms. The zero-order chi connectivity index (χ0) is 21.3. The van der Waals surface area contributed by atoms with Crippen LogP contribution in [-0.2, 0) is 19.3 Å². The van der Waals surface area contributed by atoms with E-state index in [1.165, 1.54) is 5.56 Å². The van der Waals surface area contributed by atoms with Crippen molar-refractivity contribution < 1.29 is 9.84 Å². The lowest BCUT2D eigenvalue weighted by Crippen LogP contribution is -2.52. The van der Waals surface area contributed by atoms with Crippen LogP contribution >= 0.6 is 0 Å². The lowest BCUT2D eigenvalue weighted by Gasteiger charge is -2.42. The number of hydrogen-bond donors (Lipinski definition) is 2. The van der Waals surface area contributed by atoms with Crippen LogP contribution in [0.2, 0.25) is 0 Å². The third kappa shape index (κ3) is 3.92. The molecule has 1 aliphatic heterocycles. The fourth-order valence-electron chi connectivity index (χ4n) is 4.22. The highest BCUT2D eigenvalue weighted by Gasteiger charge is 2.43. The zero-order valence-electron chi connectivity index (χ0n) is 18.3. The van der Waals surface area contributed by atoms with Crippen molar-refractivity contribution in [3.05, 3.63) is 65.0 Å². The maximum atomic E-state index is 11.1. The Bertz CT molecular complexity index is 1030. The molecule has 0 fully saturated rings. The van der Waals surface area contributed by atoms with E-state index < -0.39 is 11.7 Å². The number of fused-ring (bicyclic) bond motifs is 2. The minimum Gasteiger partial charge on any atom is -0.485 e. The van der Waals surface area contributed by atoms with Crippen LogP contribution < -0.4 is 10.1 Å². The van der Waals surface area contributed by atoms with Gasteiger partial charge in [0.05, 0.1) is 28.5 Å². The molecule has 0 aliphatic carbocycles. The molecule has 0 saturated carbocycles. The van der Waals surface area contributed by atoms with Gasteiger partial charge in [0.2, 0.25) is 0 Å². The quantitative estimate of drug-likeness (QED) is 0.645. The van der Waals surface area contributed by atoms with E-state index in [2.05, 4.69) is 43.4 Å². The average molecular weight is 406 g/mol. The Morgan fingerprint density at radius 2 is 1.63 bits per heavy atom. The number of aryl methyl sites for hydroxylation is 2. The molecule has 0 spiro atoms. The molecule has 2 aromatic carbocycles. The van der Waals surface area contributed by atoms with E-state index in [-0.39, 0.29) is 6.04 Å². The van der Waals surface area contributed by atoms with E-state index in [1.807, 2.05) is 32.0 Å². The van der Waals surface area contributed by atoms with Crippen LogP contribution in [0.4, 0.5) is 0 Å². The molecule has 3 aromatic rings. The van der Waals surface area contributed by atoms with Gasteiger partial charge in [-0.05, 0) is 51.3 Å². The van der Waals surface area contributed by atoms with Crippen molar-refractivity contribution in [1.29, 1.82) is 0 Å². The molecule has 1 aliphatic rings. The summed E-state index contributed by atoms with van der Waals surface area (Å²) in [5.74, 6) is 0.774. The van der Waals surface area contributed by atoms with Crippen molar-refractivity contribution in [2.45, 2.75) is 64.7 Å². The van der Waals surface area contributed by atoms with Gasteiger partial charge in [-0.2, -0.15) is 0 Å². The first-order chi connectivity index (χ1) is 14.4. The SMILES string of the molecule is CCc1nc2cc3c(cc2nc1CC)[C@H](NCCc1ccccc1)[C@@H](O)C(C)(C)O3. The van der Waals surface area contributed by atoms with E-state index in [0.717, 1.165) is 59.5 Å². The second-order valence-corrected chi connectivity index (χ2v) is 8.52. The van der Waals surface area contributed by atoms with Gasteiger partial charge in [0.15, 0.2) is 0 Å². The Kier molecular flexibility index (Phi) is 5.76. The molecule has 0 bridgehead atoms. The molecule has 158 valence electrons. The molecule has 30 heavy (non-hydrogen) atoms.